The van der Waals surface area contributed by atoms with Gasteiger partial charge in [-0.2, -0.15) is 0 Å². The summed E-state index contributed by atoms with van der Waals surface area (Å²) in [6.45, 7) is 7.93. The number of rotatable bonds is 5. The molecule has 0 spiro atoms. The first-order valence-electron chi connectivity index (χ1n) is 8.87. The van der Waals surface area contributed by atoms with Gasteiger partial charge in [0, 0.05) is 18.3 Å². The van der Waals surface area contributed by atoms with E-state index in [2.05, 4.69) is 28.5 Å². The molecule has 0 unspecified atom stereocenters. The molecule has 0 saturated carbocycles. The van der Waals surface area contributed by atoms with Gasteiger partial charge in [-0.15, -0.1) is 10.2 Å². The van der Waals surface area contributed by atoms with Gasteiger partial charge in [0.15, 0.2) is 11.0 Å². The minimum atomic E-state index is -0.295. The van der Waals surface area contributed by atoms with Gasteiger partial charge in [0.25, 0.3) is 0 Å². The maximum absolute atomic E-state index is 12.7. The first-order chi connectivity index (χ1) is 12.9. The number of aromatic nitrogens is 3. The summed E-state index contributed by atoms with van der Waals surface area (Å²) < 4.78 is 1.94. The van der Waals surface area contributed by atoms with Crippen LogP contribution in [0.1, 0.15) is 23.6 Å². The van der Waals surface area contributed by atoms with Crippen molar-refractivity contribution < 1.29 is 4.79 Å². The topological polar surface area (TPSA) is 59.8 Å². The third kappa shape index (κ3) is 4.06. The largest absolute Gasteiger partial charge is 0.325 e. The van der Waals surface area contributed by atoms with Gasteiger partial charge in [-0.3, -0.25) is 4.79 Å². The van der Waals surface area contributed by atoms with Crippen molar-refractivity contribution in [3.8, 4) is 11.4 Å². The Morgan fingerprint density at radius 2 is 1.63 bits per heavy atom. The molecule has 1 N–H and O–H groups in total. The van der Waals surface area contributed by atoms with E-state index in [1.165, 1.54) is 11.8 Å². The fraction of sp³-hybridized carbons (Fsp3) is 0.286. The monoisotopic (exact) mass is 380 g/mol. The Kier molecular flexibility index (Phi) is 5.65. The summed E-state index contributed by atoms with van der Waals surface area (Å²) in [6.07, 6.45) is 0. The summed E-state index contributed by atoms with van der Waals surface area (Å²) in [6, 6.07) is 14.1. The molecule has 0 aliphatic rings. The Labute approximate surface area is 164 Å². The molecular formula is C21H24N4OS. The third-order valence-corrected chi connectivity index (χ3v) is 5.74. The number of hydrogen-bond donors (Lipinski definition) is 1. The van der Waals surface area contributed by atoms with Crippen molar-refractivity contribution in [2.75, 3.05) is 5.32 Å². The van der Waals surface area contributed by atoms with Crippen molar-refractivity contribution in [1.29, 1.82) is 0 Å². The van der Waals surface area contributed by atoms with Gasteiger partial charge in [-0.1, -0.05) is 54.2 Å². The highest BCUT2D eigenvalue weighted by molar-refractivity contribution is 8.00. The van der Waals surface area contributed by atoms with Gasteiger partial charge in [0.2, 0.25) is 5.91 Å². The van der Waals surface area contributed by atoms with Gasteiger partial charge in [-0.05, 0) is 44.4 Å². The van der Waals surface area contributed by atoms with E-state index in [0.717, 1.165) is 38.9 Å². The molecule has 2 aromatic carbocycles. The van der Waals surface area contributed by atoms with Crippen LogP contribution in [0.3, 0.4) is 0 Å². The molecule has 3 rings (SSSR count). The van der Waals surface area contributed by atoms with Crippen LogP contribution in [0.4, 0.5) is 5.69 Å². The van der Waals surface area contributed by atoms with Crippen molar-refractivity contribution in [2.24, 2.45) is 7.05 Å². The summed E-state index contributed by atoms with van der Waals surface area (Å²) in [5.41, 5.74) is 5.19. The van der Waals surface area contributed by atoms with Gasteiger partial charge in [0.1, 0.15) is 0 Å². The molecule has 1 aromatic heterocycles. The molecule has 3 aromatic rings. The van der Waals surface area contributed by atoms with Crippen LogP contribution in [0.5, 0.6) is 0 Å². The summed E-state index contributed by atoms with van der Waals surface area (Å²) in [5.74, 6) is 0.760. The predicted molar refractivity (Wildman–Crippen MR) is 111 cm³/mol. The highest BCUT2D eigenvalue weighted by Gasteiger charge is 2.20. The zero-order valence-electron chi connectivity index (χ0n) is 16.3. The molecule has 5 nitrogen and oxygen atoms in total. The van der Waals surface area contributed by atoms with Crippen molar-refractivity contribution >= 4 is 23.4 Å². The smallest absolute Gasteiger partial charge is 0.237 e. The number of anilines is 1. The number of benzene rings is 2. The van der Waals surface area contributed by atoms with Crippen LogP contribution in [-0.4, -0.2) is 25.9 Å². The number of amides is 1. The normalized spacial score (nSPS) is 12.0. The summed E-state index contributed by atoms with van der Waals surface area (Å²) in [5, 5.41) is 12.1. The lowest BCUT2D eigenvalue weighted by Gasteiger charge is -2.15. The number of carbonyl (C=O) groups excluding carboxylic acids is 1. The van der Waals surface area contributed by atoms with E-state index in [-0.39, 0.29) is 11.2 Å². The molecule has 1 amide bonds. The molecule has 6 heteroatoms. The second-order valence-electron chi connectivity index (χ2n) is 6.70. The van der Waals surface area contributed by atoms with Crippen LogP contribution in [-0.2, 0) is 11.8 Å². The molecule has 0 fully saturated rings. The van der Waals surface area contributed by atoms with Gasteiger partial charge in [0.05, 0.1) is 5.25 Å². The SMILES string of the molecule is Cc1ccccc1-c1nnc(S[C@@H](C)C(=O)Nc2c(C)cccc2C)n1C. The van der Waals surface area contributed by atoms with Crippen molar-refractivity contribution in [1.82, 2.24) is 14.8 Å². The Morgan fingerprint density at radius 3 is 2.30 bits per heavy atom. The van der Waals surface area contributed by atoms with Crippen LogP contribution >= 0.6 is 11.8 Å². The minimum Gasteiger partial charge on any atom is -0.325 e. The number of thioether (sulfide) groups is 1. The molecule has 0 aliphatic carbocycles. The average Bonchev–Trinajstić information content (AvgIpc) is 2.99. The number of carbonyl (C=O) groups is 1. The van der Waals surface area contributed by atoms with Gasteiger partial charge >= 0.3 is 0 Å². The molecule has 1 atom stereocenters. The van der Waals surface area contributed by atoms with Crippen LogP contribution in [0.25, 0.3) is 11.4 Å². The molecule has 27 heavy (non-hydrogen) atoms. The quantitative estimate of drug-likeness (QED) is 0.661. The zero-order valence-corrected chi connectivity index (χ0v) is 17.1. The molecule has 0 saturated heterocycles. The van der Waals surface area contributed by atoms with E-state index in [1.807, 2.05) is 68.8 Å². The molecule has 140 valence electrons. The van der Waals surface area contributed by atoms with Crippen LogP contribution in [0, 0.1) is 20.8 Å². The maximum atomic E-state index is 12.7. The summed E-state index contributed by atoms with van der Waals surface area (Å²) in [4.78, 5) is 12.7. The lowest BCUT2D eigenvalue weighted by Crippen LogP contribution is -2.23. The average molecular weight is 381 g/mol. The molecule has 0 radical (unpaired) electrons. The van der Waals surface area contributed by atoms with Gasteiger partial charge in [-0.25, -0.2) is 0 Å². The number of nitrogens with one attached hydrogen (secondary N) is 1. The van der Waals surface area contributed by atoms with Gasteiger partial charge < -0.3 is 9.88 Å². The lowest BCUT2D eigenvalue weighted by atomic mass is 10.1. The highest BCUT2D eigenvalue weighted by atomic mass is 32.2. The number of hydrogen-bond acceptors (Lipinski definition) is 4. The second kappa shape index (κ2) is 7.96. The van der Waals surface area contributed by atoms with E-state index >= 15 is 0 Å². The standard InChI is InChI=1S/C21H24N4OS/c1-13-9-6-7-12-17(13)19-23-24-21(25(19)5)27-16(4)20(26)22-18-14(2)10-8-11-15(18)3/h6-12,16H,1-5H3,(H,22,26)/t16-/m0/s1. The Bertz CT molecular complexity index is 960. The number of aryl methyl sites for hydroxylation is 3. The van der Waals surface area contributed by atoms with Crippen molar-refractivity contribution in [2.45, 2.75) is 38.1 Å². The molecule has 1 heterocycles. The first kappa shape index (κ1) is 19.2. The predicted octanol–water partition coefficient (Wildman–Crippen LogP) is 4.53. The third-order valence-electron chi connectivity index (χ3n) is 4.60. The zero-order chi connectivity index (χ0) is 19.6. The van der Waals surface area contributed by atoms with E-state index in [4.69, 9.17) is 0 Å². The van der Waals surface area contributed by atoms with Crippen LogP contribution in [0.2, 0.25) is 0 Å². The van der Waals surface area contributed by atoms with Crippen LogP contribution < -0.4 is 5.32 Å². The van der Waals surface area contributed by atoms with E-state index < -0.39 is 0 Å². The highest BCUT2D eigenvalue weighted by Crippen LogP contribution is 2.28. The molecule has 0 aliphatic heterocycles. The Balaban J connectivity index is 1.76. The summed E-state index contributed by atoms with van der Waals surface area (Å²) in [7, 11) is 1.93. The maximum Gasteiger partial charge on any atom is 0.237 e. The number of nitrogens with zero attached hydrogens (tertiary/aromatic N) is 3. The fourth-order valence-electron chi connectivity index (χ4n) is 2.92. The molecular weight excluding hydrogens is 356 g/mol. The molecule has 0 bridgehead atoms. The fourth-order valence-corrected chi connectivity index (χ4v) is 3.74. The van der Waals surface area contributed by atoms with Crippen molar-refractivity contribution in [3.05, 3.63) is 59.2 Å². The minimum absolute atomic E-state index is 0.0437. The number of para-hydroxylation sites is 1. The van der Waals surface area contributed by atoms with E-state index in [9.17, 15) is 4.79 Å². The Morgan fingerprint density at radius 1 is 1.00 bits per heavy atom. The van der Waals surface area contributed by atoms with E-state index in [0.29, 0.717) is 0 Å². The van der Waals surface area contributed by atoms with E-state index in [1.54, 1.807) is 0 Å². The lowest BCUT2D eigenvalue weighted by molar-refractivity contribution is -0.115. The first-order valence-corrected chi connectivity index (χ1v) is 9.75. The van der Waals surface area contributed by atoms with Crippen molar-refractivity contribution in [3.63, 3.8) is 0 Å². The summed E-state index contributed by atoms with van der Waals surface area (Å²) >= 11 is 1.41. The second-order valence-corrected chi connectivity index (χ2v) is 8.00. The Hall–Kier alpha value is -2.60. The van der Waals surface area contributed by atoms with Crippen LogP contribution in [0.15, 0.2) is 47.6 Å².